The monoisotopic (exact) mass is 357 g/mol. The maximum Gasteiger partial charge on any atom is 0.337 e. The first kappa shape index (κ1) is 17.4. The molecule has 4 bridgehead atoms. The van der Waals surface area contributed by atoms with Crippen LogP contribution < -0.4 is 10.1 Å². The van der Waals surface area contributed by atoms with Gasteiger partial charge in [0.25, 0.3) is 5.91 Å². The predicted octanol–water partition coefficient (Wildman–Crippen LogP) is 3.18. The molecule has 4 aliphatic rings. The van der Waals surface area contributed by atoms with Gasteiger partial charge in [-0.15, -0.1) is 0 Å². The van der Waals surface area contributed by atoms with Crippen molar-refractivity contribution in [3.63, 3.8) is 0 Å². The molecule has 5 heteroatoms. The number of hydrogen-bond donors (Lipinski definition) is 1. The van der Waals surface area contributed by atoms with Gasteiger partial charge in [0.15, 0.2) is 6.61 Å². The molecule has 5 nitrogen and oxygen atoms in total. The van der Waals surface area contributed by atoms with E-state index in [0.717, 1.165) is 24.3 Å². The summed E-state index contributed by atoms with van der Waals surface area (Å²) in [5, 5.41) is 3.10. The third-order valence-corrected chi connectivity index (χ3v) is 6.45. The summed E-state index contributed by atoms with van der Waals surface area (Å²) in [6, 6.07) is 6.71. The van der Waals surface area contributed by atoms with Gasteiger partial charge in [0, 0.05) is 6.54 Å². The highest BCUT2D eigenvalue weighted by atomic mass is 16.5. The number of ether oxygens (including phenoxy) is 2. The highest BCUT2D eigenvalue weighted by Gasteiger charge is 2.50. The van der Waals surface area contributed by atoms with Gasteiger partial charge in [-0.05, 0) is 79.9 Å². The molecule has 140 valence electrons. The van der Waals surface area contributed by atoms with Crippen molar-refractivity contribution < 1.29 is 19.1 Å². The highest BCUT2D eigenvalue weighted by Crippen LogP contribution is 2.59. The zero-order chi connectivity index (χ0) is 18.1. The fourth-order valence-electron chi connectivity index (χ4n) is 5.82. The first-order chi connectivity index (χ1) is 12.5. The van der Waals surface area contributed by atoms with Crippen molar-refractivity contribution in [3.05, 3.63) is 29.8 Å². The molecule has 0 radical (unpaired) electrons. The summed E-state index contributed by atoms with van der Waals surface area (Å²) >= 11 is 0. The molecule has 0 heterocycles. The maximum absolute atomic E-state index is 12.3. The van der Waals surface area contributed by atoms with Crippen molar-refractivity contribution in [3.8, 4) is 5.75 Å². The molecule has 0 spiro atoms. The molecule has 1 amide bonds. The second kappa shape index (κ2) is 6.93. The lowest BCUT2D eigenvalue weighted by atomic mass is 9.49. The average molecular weight is 357 g/mol. The molecule has 1 N–H and O–H groups in total. The Morgan fingerprint density at radius 1 is 1.12 bits per heavy atom. The highest BCUT2D eigenvalue weighted by molar-refractivity contribution is 5.89. The Morgan fingerprint density at radius 2 is 1.77 bits per heavy atom. The Kier molecular flexibility index (Phi) is 4.63. The largest absolute Gasteiger partial charge is 0.484 e. The van der Waals surface area contributed by atoms with E-state index in [1.54, 1.807) is 24.3 Å². The van der Waals surface area contributed by atoms with Gasteiger partial charge in [0.05, 0.1) is 12.7 Å². The van der Waals surface area contributed by atoms with Crippen LogP contribution in [0.5, 0.6) is 5.75 Å². The molecule has 0 aliphatic heterocycles. The number of rotatable bonds is 6. The molecule has 5 rings (SSSR count). The van der Waals surface area contributed by atoms with Crippen LogP contribution in [0.4, 0.5) is 0 Å². The minimum atomic E-state index is -0.415. The summed E-state index contributed by atoms with van der Waals surface area (Å²) in [6.45, 7) is 0.748. The third-order valence-electron chi connectivity index (χ3n) is 6.45. The smallest absolute Gasteiger partial charge is 0.337 e. The lowest BCUT2D eigenvalue weighted by molar-refractivity contribution is -0.125. The molecule has 0 unspecified atom stereocenters. The van der Waals surface area contributed by atoms with E-state index in [1.807, 2.05) is 0 Å². The van der Waals surface area contributed by atoms with E-state index in [9.17, 15) is 9.59 Å². The first-order valence-corrected chi connectivity index (χ1v) is 9.63. The van der Waals surface area contributed by atoms with Crippen LogP contribution in [0.25, 0.3) is 0 Å². The number of carbonyl (C=O) groups is 2. The summed E-state index contributed by atoms with van der Waals surface area (Å²) in [6.07, 6.45) is 8.07. The van der Waals surface area contributed by atoms with E-state index in [0.29, 0.717) is 16.7 Å². The van der Waals surface area contributed by atoms with Crippen molar-refractivity contribution in [2.45, 2.75) is 38.5 Å². The second-order valence-electron chi connectivity index (χ2n) is 8.50. The topological polar surface area (TPSA) is 64.6 Å². The van der Waals surface area contributed by atoms with Gasteiger partial charge in [0.1, 0.15) is 5.75 Å². The van der Waals surface area contributed by atoms with Crippen LogP contribution in [0, 0.1) is 23.2 Å². The first-order valence-electron chi connectivity index (χ1n) is 9.63. The van der Waals surface area contributed by atoms with Crippen LogP contribution in [0.2, 0.25) is 0 Å². The van der Waals surface area contributed by atoms with Crippen LogP contribution in [0.15, 0.2) is 24.3 Å². The number of methoxy groups -OCH3 is 1. The summed E-state index contributed by atoms with van der Waals surface area (Å²) in [5.41, 5.74) is 0.744. The van der Waals surface area contributed by atoms with E-state index in [1.165, 1.54) is 45.6 Å². The van der Waals surface area contributed by atoms with Crippen LogP contribution >= 0.6 is 0 Å². The van der Waals surface area contributed by atoms with E-state index in [2.05, 4.69) is 5.32 Å². The Labute approximate surface area is 154 Å². The lowest BCUT2D eigenvalue weighted by Crippen LogP contribution is -2.51. The molecule has 4 fully saturated rings. The van der Waals surface area contributed by atoms with Gasteiger partial charge in [-0.3, -0.25) is 4.79 Å². The molecule has 26 heavy (non-hydrogen) atoms. The van der Waals surface area contributed by atoms with Crippen LogP contribution in [-0.4, -0.2) is 32.1 Å². The summed E-state index contributed by atoms with van der Waals surface area (Å²) < 4.78 is 10.3. The molecule has 1 aromatic carbocycles. The minimum absolute atomic E-state index is 0.0308. The van der Waals surface area contributed by atoms with Crippen molar-refractivity contribution in [2.24, 2.45) is 23.2 Å². The van der Waals surface area contributed by atoms with E-state index in [4.69, 9.17) is 9.47 Å². The Hall–Kier alpha value is -2.04. The fourth-order valence-corrected chi connectivity index (χ4v) is 5.82. The van der Waals surface area contributed by atoms with Crippen molar-refractivity contribution in [2.75, 3.05) is 20.3 Å². The van der Waals surface area contributed by atoms with Gasteiger partial charge in [0.2, 0.25) is 0 Å². The van der Waals surface area contributed by atoms with E-state index >= 15 is 0 Å². The van der Waals surface area contributed by atoms with Gasteiger partial charge in [-0.25, -0.2) is 4.79 Å². The van der Waals surface area contributed by atoms with Crippen molar-refractivity contribution in [1.29, 1.82) is 0 Å². The molecule has 4 aliphatic carbocycles. The van der Waals surface area contributed by atoms with Gasteiger partial charge >= 0.3 is 5.97 Å². The molecule has 0 atom stereocenters. The lowest BCUT2D eigenvalue weighted by Gasteiger charge is -2.56. The van der Waals surface area contributed by atoms with E-state index in [-0.39, 0.29) is 12.5 Å². The average Bonchev–Trinajstić information content (AvgIpc) is 2.63. The summed E-state index contributed by atoms with van der Waals surface area (Å²) in [7, 11) is 1.34. The molecular formula is C21H27NO4. The summed E-state index contributed by atoms with van der Waals surface area (Å²) in [5.74, 6) is 2.64. The Morgan fingerprint density at radius 3 is 2.38 bits per heavy atom. The quantitative estimate of drug-likeness (QED) is 0.794. The fraction of sp³-hybridized carbons (Fsp3) is 0.619. The number of carbonyl (C=O) groups excluding carboxylic acids is 2. The molecule has 0 aromatic heterocycles. The predicted molar refractivity (Wildman–Crippen MR) is 96.9 cm³/mol. The van der Waals surface area contributed by atoms with Gasteiger partial charge < -0.3 is 14.8 Å². The second-order valence-corrected chi connectivity index (χ2v) is 8.50. The number of amides is 1. The Bertz CT molecular complexity index is 664. The zero-order valence-corrected chi connectivity index (χ0v) is 15.3. The zero-order valence-electron chi connectivity index (χ0n) is 15.3. The van der Waals surface area contributed by atoms with Crippen molar-refractivity contribution in [1.82, 2.24) is 5.32 Å². The van der Waals surface area contributed by atoms with Crippen molar-refractivity contribution >= 4 is 11.9 Å². The molecule has 1 aromatic rings. The molecule has 0 saturated heterocycles. The normalized spacial score (nSPS) is 31.5. The summed E-state index contributed by atoms with van der Waals surface area (Å²) in [4.78, 5) is 23.8. The van der Waals surface area contributed by atoms with Crippen LogP contribution in [-0.2, 0) is 9.53 Å². The maximum atomic E-state index is 12.3. The van der Waals surface area contributed by atoms with Gasteiger partial charge in [-0.1, -0.05) is 6.07 Å². The Balaban J connectivity index is 1.28. The SMILES string of the molecule is COC(=O)c1cccc(OCC(=O)NCC23CC4CC(CC(C4)C2)C3)c1. The minimum Gasteiger partial charge on any atom is -0.484 e. The van der Waals surface area contributed by atoms with Gasteiger partial charge in [-0.2, -0.15) is 0 Å². The third kappa shape index (κ3) is 3.57. The van der Waals surface area contributed by atoms with Crippen LogP contribution in [0.1, 0.15) is 48.9 Å². The number of esters is 1. The number of benzene rings is 1. The molecular weight excluding hydrogens is 330 g/mol. The van der Waals surface area contributed by atoms with E-state index < -0.39 is 5.97 Å². The standard InChI is InChI=1S/C21H27NO4/c1-25-20(24)17-3-2-4-18(8-17)26-12-19(23)22-13-21-9-14-5-15(10-21)7-16(6-14)11-21/h2-4,8,14-16H,5-7,9-13H2,1H3,(H,22,23). The molecule has 4 saturated carbocycles. The van der Waals surface area contributed by atoms with Crippen LogP contribution in [0.3, 0.4) is 0 Å². The number of nitrogens with one attached hydrogen (secondary N) is 1. The number of hydrogen-bond acceptors (Lipinski definition) is 4.